The van der Waals surface area contributed by atoms with Crippen molar-refractivity contribution < 1.29 is 27.4 Å². The number of hydrogen-bond acceptors (Lipinski definition) is 5. The fraction of sp³-hybridized carbons (Fsp3) is 0.360. The molecule has 1 amide bonds. The summed E-state index contributed by atoms with van der Waals surface area (Å²) in [4.78, 5) is 20.3. The van der Waals surface area contributed by atoms with Gasteiger partial charge < -0.3 is 25.1 Å². The molecule has 0 radical (unpaired) electrons. The first kappa shape index (κ1) is 24.6. The Kier molecular flexibility index (Phi) is 7.02. The van der Waals surface area contributed by atoms with E-state index in [0.717, 1.165) is 6.07 Å². The van der Waals surface area contributed by atoms with Gasteiger partial charge >= 0.3 is 0 Å². The molecule has 3 heterocycles. The summed E-state index contributed by atoms with van der Waals surface area (Å²) in [6, 6.07) is 5.80. The molecule has 7 nitrogen and oxygen atoms in total. The van der Waals surface area contributed by atoms with E-state index in [2.05, 4.69) is 20.6 Å². The molecule has 35 heavy (non-hydrogen) atoms. The molecule has 0 atom stereocenters. The highest BCUT2D eigenvalue weighted by Gasteiger charge is 2.29. The number of nitrogens with one attached hydrogen (secondary N) is 3. The topological polar surface area (TPSA) is 88.3 Å². The van der Waals surface area contributed by atoms with Crippen LogP contribution in [0.1, 0.15) is 35.5 Å². The summed E-state index contributed by atoms with van der Waals surface area (Å²) < 4.78 is 52.3. The van der Waals surface area contributed by atoms with Crippen LogP contribution in [0.15, 0.2) is 36.7 Å². The van der Waals surface area contributed by atoms with Gasteiger partial charge in [-0.05, 0) is 32.0 Å². The number of ether oxygens (including phenoxy) is 2. The Morgan fingerprint density at radius 1 is 1.26 bits per heavy atom. The van der Waals surface area contributed by atoms with Crippen molar-refractivity contribution in [2.45, 2.75) is 38.7 Å². The number of pyridine rings is 1. The molecule has 0 fully saturated rings. The molecule has 0 spiro atoms. The van der Waals surface area contributed by atoms with E-state index in [0.29, 0.717) is 46.9 Å². The van der Waals surface area contributed by atoms with Crippen molar-refractivity contribution in [2.24, 2.45) is 0 Å². The van der Waals surface area contributed by atoms with Gasteiger partial charge in [0.05, 0.1) is 28.7 Å². The summed E-state index contributed by atoms with van der Waals surface area (Å²) in [5.41, 5.74) is 1.91. The number of carbonyl (C=O) groups is 1. The fourth-order valence-corrected chi connectivity index (χ4v) is 3.89. The van der Waals surface area contributed by atoms with E-state index in [1.54, 1.807) is 25.6 Å². The number of fused-ring (bicyclic) bond motifs is 1. The Hall–Kier alpha value is -3.53. The predicted octanol–water partition coefficient (Wildman–Crippen LogP) is 4.86. The predicted molar refractivity (Wildman–Crippen MR) is 126 cm³/mol. The highest BCUT2D eigenvalue weighted by molar-refractivity contribution is 6.06. The maximum Gasteiger partial charge on any atom is 0.255 e. The third kappa shape index (κ3) is 5.27. The van der Waals surface area contributed by atoms with Gasteiger partial charge in [-0.2, -0.15) is 0 Å². The van der Waals surface area contributed by atoms with E-state index in [9.17, 15) is 18.0 Å². The van der Waals surface area contributed by atoms with Crippen LogP contribution in [0.25, 0.3) is 11.3 Å². The molecule has 0 saturated carbocycles. The lowest BCUT2D eigenvalue weighted by atomic mass is 10.0. The summed E-state index contributed by atoms with van der Waals surface area (Å²) in [5.74, 6) is -0.632. The van der Waals surface area contributed by atoms with Crippen LogP contribution in [0.2, 0.25) is 0 Å². The third-order valence-corrected chi connectivity index (χ3v) is 5.88. The van der Waals surface area contributed by atoms with Gasteiger partial charge in [0.15, 0.2) is 0 Å². The molecule has 1 aromatic carbocycles. The fourth-order valence-electron chi connectivity index (χ4n) is 3.89. The second-order valence-electron chi connectivity index (χ2n) is 8.84. The summed E-state index contributed by atoms with van der Waals surface area (Å²) in [7, 11) is 1.59. The zero-order valence-corrected chi connectivity index (χ0v) is 19.7. The highest BCUT2D eigenvalue weighted by atomic mass is 19.3. The van der Waals surface area contributed by atoms with Gasteiger partial charge in [-0.3, -0.25) is 9.78 Å². The normalized spacial score (nSPS) is 13.5. The number of methoxy groups -OCH3 is 1. The van der Waals surface area contributed by atoms with Crippen LogP contribution >= 0.6 is 0 Å². The van der Waals surface area contributed by atoms with E-state index in [4.69, 9.17) is 9.47 Å². The van der Waals surface area contributed by atoms with Crippen LogP contribution < -0.4 is 15.4 Å². The minimum absolute atomic E-state index is 0.156. The van der Waals surface area contributed by atoms with Gasteiger partial charge in [0.2, 0.25) is 6.43 Å². The van der Waals surface area contributed by atoms with Gasteiger partial charge in [-0.1, -0.05) is 6.07 Å². The molecular formula is C25H27F3N4O3. The zero-order valence-electron chi connectivity index (χ0n) is 19.7. The molecule has 0 bridgehead atoms. The molecule has 2 aromatic heterocycles. The number of benzene rings is 1. The summed E-state index contributed by atoms with van der Waals surface area (Å²) >= 11 is 0. The first-order valence-corrected chi connectivity index (χ1v) is 11.2. The molecule has 10 heteroatoms. The number of aromatic amines is 1. The number of rotatable bonds is 9. The second kappa shape index (κ2) is 9.99. The Balaban J connectivity index is 1.83. The molecule has 186 valence electrons. The van der Waals surface area contributed by atoms with Crippen LogP contribution in [0, 0.1) is 5.82 Å². The van der Waals surface area contributed by atoms with Gasteiger partial charge in [-0.25, -0.2) is 13.2 Å². The number of H-pyrrole nitrogens is 1. The lowest BCUT2D eigenvalue weighted by Crippen LogP contribution is -2.31. The number of halogens is 3. The minimum Gasteiger partial charge on any atom is -0.488 e. The van der Waals surface area contributed by atoms with Crippen molar-refractivity contribution in [1.29, 1.82) is 0 Å². The average molecular weight is 489 g/mol. The maximum absolute atomic E-state index is 14.5. The molecule has 4 rings (SSSR count). The maximum atomic E-state index is 14.5. The quantitative estimate of drug-likeness (QED) is 0.401. The number of alkyl halides is 2. The van der Waals surface area contributed by atoms with Gasteiger partial charge in [0.1, 0.15) is 18.2 Å². The smallest absolute Gasteiger partial charge is 0.255 e. The van der Waals surface area contributed by atoms with E-state index in [1.165, 1.54) is 12.1 Å². The van der Waals surface area contributed by atoms with E-state index in [1.807, 2.05) is 13.8 Å². The first-order valence-electron chi connectivity index (χ1n) is 11.2. The molecule has 0 saturated heterocycles. The Morgan fingerprint density at radius 3 is 2.80 bits per heavy atom. The van der Waals surface area contributed by atoms with E-state index >= 15 is 0 Å². The Bertz CT molecular complexity index is 1230. The summed E-state index contributed by atoms with van der Waals surface area (Å²) in [6.07, 6.45) is 0.173. The summed E-state index contributed by atoms with van der Waals surface area (Å²) in [6.45, 7) is 4.43. The van der Waals surface area contributed by atoms with Gasteiger partial charge in [-0.15, -0.1) is 0 Å². The molecular weight excluding hydrogens is 461 g/mol. The van der Waals surface area contributed by atoms with Crippen LogP contribution in [0.4, 0.5) is 24.5 Å². The van der Waals surface area contributed by atoms with Gasteiger partial charge in [0.25, 0.3) is 5.91 Å². The average Bonchev–Trinajstić information content (AvgIpc) is 3.19. The van der Waals surface area contributed by atoms with E-state index in [-0.39, 0.29) is 23.8 Å². The SMILES string of the molecule is COC(C)(C)COc1cnccc1-c1[nH]c2c(c1Nc1cccc(F)c1CC(F)F)C(=O)NCC2. The first-order chi connectivity index (χ1) is 16.7. The monoisotopic (exact) mass is 488 g/mol. The Labute approximate surface area is 201 Å². The van der Waals surface area contributed by atoms with Crippen LogP contribution in [0.3, 0.4) is 0 Å². The van der Waals surface area contributed by atoms with Crippen molar-refractivity contribution in [3.8, 4) is 17.0 Å². The Morgan fingerprint density at radius 2 is 2.06 bits per heavy atom. The van der Waals surface area contributed by atoms with Gasteiger partial charge in [0, 0.05) is 55.2 Å². The zero-order chi connectivity index (χ0) is 25.2. The van der Waals surface area contributed by atoms with E-state index < -0.39 is 24.3 Å². The summed E-state index contributed by atoms with van der Waals surface area (Å²) in [5, 5.41) is 5.87. The molecule has 0 unspecified atom stereocenters. The number of anilines is 2. The van der Waals surface area contributed by atoms with Crippen molar-refractivity contribution in [3.05, 3.63) is 59.3 Å². The van der Waals surface area contributed by atoms with Crippen LogP contribution in [-0.4, -0.2) is 48.2 Å². The molecule has 1 aliphatic rings. The number of aromatic nitrogens is 2. The van der Waals surface area contributed by atoms with Crippen molar-refractivity contribution >= 4 is 17.3 Å². The van der Waals surface area contributed by atoms with Crippen LogP contribution in [0.5, 0.6) is 5.75 Å². The number of amides is 1. The number of carbonyl (C=O) groups excluding carboxylic acids is 1. The van der Waals surface area contributed by atoms with Crippen LogP contribution in [-0.2, 0) is 17.6 Å². The highest BCUT2D eigenvalue weighted by Crippen LogP contribution is 2.41. The molecule has 3 aromatic rings. The van der Waals surface area contributed by atoms with Crippen molar-refractivity contribution in [3.63, 3.8) is 0 Å². The molecule has 3 N–H and O–H groups in total. The van der Waals surface area contributed by atoms with Crippen molar-refractivity contribution in [1.82, 2.24) is 15.3 Å². The standard InChI is InChI=1S/C25H27F3N4O3/c1-25(2,34-3)13-35-19-12-29-9-7-14(19)22-23(21-18(32-22)8-10-30-24(21)33)31-17-6-4-5-16(26)15(17)11-20(27)28/h4-7,9,12,20,31-32H,8,10-11,13H2,1-3H3,(H,30,33). The largest absolute Gasteiger partial charge is 0.488 e. The second-order valence-corrected chi connectivity index (χ2v) is 8.84. The molecule has 1 aliphatic heterocycles. The lowest BCUT2D eigenvalue weighted by molar-refractivity contribution is -0.0146. The van der Waals surface area contributed by atoms with Crippen molar-refractivity contribution in [2.75, 3.05) is 25.6 Å². The third-order valence-electron chi connectivity index (χ3n) is 5.88. The minimum atomic E-state index is -2.74. The lowest BCUT2D eigenvalue weighted by Gasteiger charge is -2.23. The number of nitrogens with zero attached hydrogens (tertiary/aromatic N) is 1. The molecule has 0 aliphatic carbocycles. The number of hydrogen-bond donors (Lipinski definition) is 3.